The second-order valence-corrected chi connectivity index (χ2v) is 6.59. The quantitative estimate of drug-likeness (QED) is 0.879. The van der Waals surface area contributed by atoms with E-state index in [0.717, 1.165) is 53.7 Å². The summed E-state index contributed by atoms with van der Waals surface area (Å²) in [6.07, 6.45) is 2.23. The fourth-order valence-corrected chi connectivity index (χ4v) is 3.90. The van der Waals surface area contributed by atoms with Gasteiger partial charge < -0.3 is 10.2 Å². The third-order valence-corrected chi connectivity index (χ3v) is 4.94. The first-order valence-electron chi connectivity index (χ1n) is 8.05. The number of benzene rings is 1. The van der Waals surface area contributed by atoms with Crippen LogP contribution in [-0.4, -0.2) is 41.0 Å². The topological polar surface area (TPSA) is 45.2 Å². The lowest BCUT2D eigenvalue weighted by molar-refractivity contribution is 0.0621. The number of carbonyl (C=O) groups is 1. The molecule has 4 heteroatoms. The molecular weight excluding hydrogens is 274 g/mol. The first-order chi connectivity index (χ1) is 10.6. The molecule has 2 bridgehead atoms. The number of rotatable bonds is 1. The number of fused-ring (bicyclic) bond motifs is 3. The van der Waals surface area contributed by atoms with E-state index in [0.29, 0.717) is 12.1 Å². The van der Waals surface area contributed by atoms with Gasteiger partial charge in [0.05, 0.1) is 11.1 Å². The molecule has 2 aliphatic rings. The van der Waals surface area contributed by atoms with E-state index < -0.39 is 0 Å². The number of aryl methyl sites for hydroxylation is 2. The Bertz CT molecular complexity index is 739. The highest BCUT2D eigenvalue weighted by Crippen LogP contribution is 2.30. The summed E-state index contributed by atoms with van der Waals surface area (Å²) >= 11 is 0. The molecule has 2 aliphatic heterocycles. The predicted molar refractivity (Wildman–Crippen MR) is 87.1 cm³/mol. The van der Waals surface area contributed by atoms with Crippen LogP contribution in [0.4, 0.5) is 0 Å². The van der Waals surface area contributed by atoms with Gasteiger partial charge in [0, 0.05) is 36.3 Å². The van der Waals surface area contributed by atoms with Crippen LogP contribution >= 0.6 is 0 Å². The third-order valence-electron chi connectivity index (χ3n) is 4.94. The highest BCUT2D eigenvalue weighted by molar-refractivity contribution is 6.06. The number of hydrogen-bond donors (Lipinski definition) is 1. The molecule has 0 spiro atoms. The molecule has 1 aromatic heterocycles. The summed E-state index contributed by atoms with van der Waals surface area (Å²) in [5.41, 5.74) is 3.79. The third kappa shape index (κ3) is 2.10. The maximum Gasteiger partial charge on any atom is 0.255 e. The van der Waals surface area contributed by atoms with Gasteiger partial charge in [-0.05, 0) is 44.9 Å². The molecule has 2 atom stereocenters. The van der Waals surface area contributed by atoms with Gasteiger partial charge in [-0.1, -0.05) is 11.6 Å². The van der Waals surface area contributed by atoms with Crippen LogP contribution in [0.15, 0.2) is 24.3 Å². The zero-order valence-electron chi connectivity index (χ0n) is 13.1. The van der Waals surface area contributed by atoms with Crippen molar-refractivity contribution in [3.05, 3.63) is 41.1 Å². The zero-order valence-corrected chi connectivity index (χ0v) is 13.1. The lowest BCUT2D eigenvalue weighted by Gasteiger charge is -2.35. The maximum atomic E-state index is 13.2. The van der Waals surface area contributed by atoms with Crippen molar-refractivity contribution in [1.82, 2.24) is 15.2 Å². The second kappa shape index (κ2) is 5.06. The number of amides is 1. The van der Waals surface area contributed by atoms with Crippen LogP contribution < -0.4 is 5.32 Å². The van der Waals surface area contributed by atoms with Crippen LogP contribution in [0, 0.1) is 13.8 Å². The molecule has 0 saturated carbocycles. The van der Waals surface area contributed by atoms with Crippen molar-refractivity contribution >= 4 is 16.8 Å². The van der Waals surface area contributed by atoms with Crippen molar-refractivity contribution < 1.29 is 4.79 Å². The minimum Gasteiger partial charge on any atom is -0.330 e. The standard InChI is InChI=1S/C18H21N3O/c1-11-3-6-17-15(7-11)16(8-12(2)20-17)18(22)21-13-4-5-14(21)10-19-9-13/h3,6-8,13-14,19H,4-5,9-10H2,1-2H3/t13-,14+. The van der Waals surface area contributed by atoms with E-state index in [4.69, 9.17) is 0 Å². The van der Waals surface area contributed by atoms with Gasteiger partial charge in [-0.3, -0.25) is 9.78 Å². The summed E-state index contributed by atoms with van der Waals surface area (Å²) in [7, 11) is 0. The Hall–Kier alpha value is -1.94. The molecule has 0 unspecified atom stereocenters. The lowest BCUT2D eigenvalue weighted by atomic mass is 10.0. The predicted octanol–water partition coefficient (Wildman–Crippen LogP) is 2.43. The molecule has 2 aromatic rings. The van der Waals surface area contributed by atoms with Gasteiger partial charge in [0.2, 0.25) is 0 Å². The molecule has 0 radical (unpaired) electrons. The molecule has 22 heavy (non-hydrogen) atoms. The second-order valence-electron chi connectivity index (χ2n) is 6.59. The minimum atomic E-state index is 0.176. The van der Waals surface area contributed by atoms with E-state index in [-0.39, 0.29) is 5.91 Å². The van der Waals surface area contributed by atoms with Crippen molar-refractivity contribution in [1.29, 1.82) is 0 Å². The zero-order chi connectivity index (χ0) is 15.3. The van der Waals surface area contributed by atoms with Gasteiger partial charge in [0.15, 0.2) is 0 Å². The van der Waals surface area contributed by atoms with Gasteiger partial charge in [-0.15, -0.1) is 0 Å². The number of carbonyl (C=O) groups excluding carboxylic acids is 1. The van der Waals surface area contributed by atoms with Gasteiger partial charge in [0.1, 0.15) is 0 Å². The summed E-state index contributed by atoms with van der Waals surface area (Å²) in [6.45, 7) is 5.86. The smallest absolute Gasteiger partial charge is 0.255 e. The van der Waals surface area contributed by atoms with Gasteiger partial charge in [-0.2, -0.15) is 0 Å². The number of hydrogen-bond acceptors (Lipinski definition) is 3. The molecule has 4 nitrogen and oxygen atoms in total. The van der Waals surface area contributed by atoms with E-state index >= 15 is 0 Å². The number of aromatic nitrogens is 1. The Balaban J connectivity index is 1.83. The van der Waals surface area contributed by atoms with Gasteiger partial charge in [0.25, 0.3) is 5.91 Å². The minimum absolute atomic E-state index is 0.176. The average Bonchev–Trinajstić information content (AvgIpc) is 2.75. The molecule has 3 heterocycles. The van der Waals surface area contributed by atoms with Crippen LogP contribution in [0.5, 0.6) is 0 Å². The number of nitrogens with one attached hydrogen (secondary N) is 1. The molecule has 0 aliphatic carbocycles. The Morgan fingerprint density at radius 1 is 1.18 bits per heavy atom. The summed E-state index contributed by atoms with van der Waals surface area (Å²) in [5.74, 6) is 0.176. The van der Waals surface area contributed by atoms with Crippen molar-refractivity contribution in [2.24, 2.45) is 0 Å². The molecule has 4 rings (SSSR count). The largest absolute Gasteiger partial charge is 0.330 e. The molecular formula is C18H21N3O. The van der Waals surface area contributed by atoms with E-state index in [1.54, 1.807) is 0 Å². The lowest BCUT2D eigenvalue weighted by Crippen LogP contribution is -2.54. The number of nitrogens with zero attached hydrogens (tertiary/aromatic N) is 2. The first-order valence-corrected chi connectivity index (χ1v) is 8.05. The maximum absolute atomic E-state index is 13.2. The summed E-state index contributed by atoms with van der Waals surface area (Å²) in [5, 5.41) is 4.41. The summed E-state index contributed by atoms with van der Waals surface area (Å²) in [4.78, 5) is 19.9. The Kier molecular flexibility index (Phi) is 3.15. The van der Waals surface area contributed by atoms with Crippen molar-refractivity contribution in [3.8, 4) is 0 Å². The van der Waals surface area contributed by atoms with Crippen LogP contribution in [0.2, 0.25) is 0 Å². The summed E-state index contributed by atoms with van der Waals surface area (Å²) < 4.78 is 0. The Labute approximate surface area is 130 Å². The highest BCUT2D eigenvalue weighted by Gasteiger charge is 2.40. The van der Waals surface area contributed by atoms with E-state index in [9.17, 15) is 4.79 Å². The molecule has 1 amide bonds. The monoisotopic (exact) mass is 295 g/mol. The Morgan fingerprint density at radius 2 is 1.91 bits per heavy atom. The van der Waals surface area contributed by atoms with Crippen molar-refractivity contribution in [3.63, 3.8) is 0 Å². The van der Waals surface area contributed by atoms with Crippen LogP contribution in [0.25, 0.3) is 10.9 Å². The fraction of sp³-hybridized carbons (Fsp3) is 0.444. The average molecular weight is 295 g/mol. The Morgan fingerprint density at radius 3 is 2.64 bits per heavy atom. The van der Waals surface area contributed by atoms with Crippen molar-refractivity contribution in [2.75, 3.05) is 13.1 Å². The number of piperazine rings is 1. The normalized spacial score (nSPS) is 24.0. The van der Waals surface area contributed by atoms with E-state index in [2.05, 4.69) is 34.3 Å². The first kappa shape index (κ1) is 13.7. The van der Waals surface area contributed by atoms with Crippen molar-refractivity contribution in [2.45, 2.75) is 38.8 Å². The SMILES string of the molecule is Cc1ccc2nc(C)cc(C(=O)N3[C@@H]4CC[C@H]3CNC4)c2c1. The molecule has 1 aromatic carbocycles. The molecule has 2 saturated heterocycles. The van der Waals surface area contributed by atoms with Gasteiger partial charge >= 0.3 is 0 Å². The summed E-state index contributed by atoms with van der Waals surface area (Å²) in [6, 6.07) is 8.79. The van der Waals surface area contributed by atoms with Crippen LogP contribution in [0.3, 0.4) is 0 Å². The molecule has 2 fully saturated rings. The van der Waals surface area contributed by atoms with Crippen LogP contribution in [0.1, 0.15) is 34.5 Å². The molecule has 114 valence electrons. The van der Waals surface area contributed by atoms with Crippen LogP contribution in [-0.2, 0) is 0 Å². The number of pyridine rings is 1. The fourth-order valence-electron chi connectivity index (χ4n) is 3.90. The highest BCUT2D eigenvalue weighted by atomic mass is 16.2. The van der Waals surface area contributed by atoms with E-state index in [1.807, 2.05) is 19.1 Å². The van der Waals surface area contributed by atoms with Gasteiger partial charge in [-0.25, -0.2) is 0 Å². The molecule has 1 N–H and O–H groups in total. The van der Waals surface area contributed by atoms with E-state index in [1.165, 1.54) is 0 Å².